The van der Waals surface area contributed by atoms with Gasteiger partial charge in [0.2, 0.25) is 5.91 Å². The number of esters is 1. The highest BCUT2D eigenvalue weighted by Gasteiger charge is 2.34. The number of ether oxygens (including phenoxy) is 2. The Hall–Kier alpha value is -1.44. The fourth-order valence-electron chi connectivity index (χ4n) is 3.65. The average molecular weight is 395 g/mol. The van der Waals surface area contributed by atoms with Crippen molar-refractivity contribution in [1.82, 2.24) is 4.90 Å². The summed E-state index contributed by atoms with van der Waals surface area (Å²) in [6.07, 6.45) is 2.88. The number of hydrogen-bond donors (Lipinski definition) is 1. The van der Waals surface area contributed by atoms with Gasteiger partial charge in [-0.2, -0.15) is 0 Å². The van der Waals surface area contributed by atoms with E-state index in [0.29, 0.717) is 36.7 Å². The van der Waals surface area contributed by atoms with Crippen LogP contribution in [0.3, 0.4) is 0 Å². The van der Waals surface area contributed by atoms with Gasteiger partial charge in [-0.25, -0.2) is 4.79 Å². The molecule has 1 N–H and O–H groups in total. The van der Waals surface area contributed by atoms with E-state index in [4.69, 9.17) is 9.47 Å². The zero-order valence-corrected chi connectivity index (χ0v) is 17.5. The van der Waals surface area contributed by atoms with E-state index in [1.54, 1.807) is 6.92 Å². The van der Waals surface area contributed by atoms with Crippen LogP contribution in [0.1, 0.15) is 61.3 Å². The van der Waals surface area contributed by atoms with Gasteiger partial charge in [-0.3, -0.25) is 9.69 Å². The van der Waals surface area contributed by atoms with Gasteiger partial charge in [-0.15, -0.1) is 11.3 Å². The Kier molecular flexibility index (Phi) is 6.23. The summed E-state index contributed by atoms with van der Waals surface area (Å²) in [7, 11) is 0. The number of thiophene rings is 1. The molecule has 0 aliphatic carbocycles. The molecule has 0 unspecified atom stereocenters. The lowest BCUT2D eigenvalue weighted by Crippen LogP contribution is -2.38. The van der Waals surface area contributed by atoms with E-state index in [9.17, 15) is 9.59 Å². The van der Waals surface area contributed by atoms with Gasteiger partial charge in [0.1, 0.15) is 5.00 Å². The molecule has 0 bridgehead atoms. The van der Waals surface area contributed by atoms with Crippen molar-refractivity contribution in [1.29, 1.82) is 0 Å². The van der Waals surface area contributed by atoms with E-state index < -0.39 is 0 Å². The Morgan fingerprint density at radius 1 is 1.33 bits per heavy atom. The van der Waals surface area contributed by atoms with Gasteiger partial charge in [0, 0.05) is 11.3 Å². The normalized spacial score (nSPS) is 20.1. The smallest absolute Gasteiger partial charge is 0.341 e. The second kappa shape index (κ2) is 8.29. The van der Waals surface area contributed by atoms with Crippen molar-refractivity contribution < 1.29 is 19.1 Å². The Balaban J connectivity index is 1.77. The number of anilines is 1. The molecule has 1 saturated heterocycles. The third kappa shape index (κ3) is 4.89. The van der Waals surface area contributed by atoms with Crippen molar-refractivity contribution in [2.45, 2.75) is 59.2 Å². The van der Waals surface area contributed by atoms with Crippen molar-refractivity contribution in [3.8, 4) is 0 Å². The van der Waals surface area contributed by atoms with Crippen LogP contribution in [0.4, 0.5) is 5.00 Å². The van der Waals surface area contributed by atoms with E-state index in [1.807, 2.05) is 13.8 Å². The summed E-state index contributed by atoms with van der Waals surface area (Å²) in [6, 6.07) is 0. The summed E-state index contributed by atoms with van der Waals surface area (Å²) in [5.74, 6) is 0.288. The van der Waals surface area contributed by atoms with Gasteiger partial charge in [0.15, 0.2) is 0 Å². The Morgan fingerprint density at radius 3 is 2.70 bits per heavy atom. The lowest BCUT2D eigenvalue weighted by molar-refractivity contribution is -0.117. The molecule has 7 heteroatoms. The van der Waals surface area contributed by atoms with Crippen LogP contribution in [0.25, 0.3) is 0 Å². The fourth-order valence-corrected chi connectivity index (χ4v) is 4.79. The van der Waals surface area contributed by atoms with E-state index in [1.165, 1.54) is 11.3 Å². The monoisotopic (exact) mass is 394 g/mol. The molecule has 3 heterocycles. The number of nitrogens with one attached hydrogen (secondary N) is 1. The molecule has 27 heavy (non-hydrogen) atoms. The highest BCUT2D eigenvalue weighted by atomic mass is 32.1. The molecular weight excluding hydrogens is 364 g/mol. The molecule has 3 rings (SSSR count). The van der Waals surface area contributed by atoms with Crippen LogP contribution in [-0.4, -0.2) is 48.6 Å². The summed E-state index contributed by atoms with van der Waals surface area (Å²) in [4.78, 5) is 28.4. The summed E-state index contributed by atoms with van der Waals surface area (Å²) < 4.78 is 11.1. The maximum absolute atomic E-state index is 12.6. The molecule has 0 spiro atoms. The number of hydrogen-bond acceptors (Lipinski definition) is 6. The molecule has 1 amide bonds. The molecule has 0 saturated carbocycles. The van der Waals surface area contributed by atoms with Gasteiger partial charge in [-0.1, -0.05) is 6.92 Å². The number of piperidine rings is 1. The second-order valence-electron chi connectivity index (χ2n) is 8.16. The zero-order chi connectivity index (χ0) is 19.6. The quantitative estimate of drug-likeness (QED) is 0.775. The van der Waals surface area contributed by atoms with Gasteiger partial charge in [0.25, 0.3) is 0 Å². The molecule has 0 aromatic carbocycles. The summed E-state index contributed by atoms with van der Waals surface area (Å²) in [5.41, 5.74) is 1.13. The van der Waals surface area contributed by atoms with Crippen molar-refractivity contribution in [3.05, 3.63) is 16.0 Å². The van der Waals surface area contributed by atoms with Crippen LogP contribution in [0.2, 0.25) is 0 Å². The van der Waals surface area contributed by atoms with Crippen LogP contribution >= 0.6 is 11.3 Å². The highest BCUT2D eigenvalue weighted by molar-refractivity contribution is 7.17. The van der Waals surface area contributed by atoms with Crippen LogP contribution in [-0.2, 0) is 27.3 Å². The van der Waals surface area contributed by atoms with Gasteiger partial charge >= 0.3 is 5.97 Å². The number of rotatable bonds is 5. The van der Waals surface area contributed by atoms with Gasteiger partial charge in [0.05, 0.1) is 30.9 Å². The molecule has 1 aromatic heterocycles. The van der Waals surface area contributed by atoms with E-state index in [-0.39, 0.29) is 17.5 Å². The number of fused-ring (bicyclic) bond motifs is 1. The van der Waals surface area contributed by atoms with Crippen LogP contribution in [0, 0.1) is 5.92 Å². The molecule has 2 aliphatic heterocycles. The van der Waals surface area contributed by atoms with Crippen LogP contribution in [0.5, 0.6) is 0 Å². The first-order valence-corrected chi connectivity index (χ1v) is 10.6. The minimum absolute atomic E-state index is 0.0751. The summed E-state index contributed by atoms with van der Waals surface area (Å²) in [6.45, 7) is 11.1. The van der Waals surface area contributed by atoms with Gasteiger partial charge < -0.3 is 14.8 Å². The standard InChI is InChI=1S/C20H30N2O4S/c1-5-25-19(24)17-14-10-20(3,4)26-12-15(14)27-18(17)21-16(23)11-22-8-6-13(2)7-9-22/h13H,5-12H2,1-4H3,(H,21,23). The average Bonchev–Trinajstić information content (AvgIpc) is 2.93. The maximum atomic E-state index is 12.6. The Morgan fingerprint density at radius 2 is 2.04 bits per heavy atom. The topological polar surface area (TPSA) is 67.9 Å². The molecule has 6 nitrogen and oxygen atoms in total. The van der Waals surface area contributed by atoms with Crippen LogP contribution < -0.4 is 5.32 Å². The first-order chi connectivity index (χ1) is 12.8. The molecule has 1 aromatic rings. The van der Waals surface area contributed by atoms with Gasteiger partial charge in [-0.05, 0) is 58.2 Å². The maximum Gasteiger partial charge on any atom is 0.341 e. The lowest BCUT2D eigenvalue weighted by Gasteiger charge is -2.30. The van der Waals surface area contributed by atoms with E-state index >= 15 is 0 Å². The number of likely N-dealkylation sites (tertiary alicyclic amines) is 1. The second-order valence-corrected chi connectivity index (χ2v) is 9.27. The molecule has 0 radical (unpaired) electrons. The Bertz CT molecular complexity index is 705. The zero-order valence-electron chi connectivity index (χ0n) is 16.7. The first kappa shape index (κ1) is 20.3. The van der Waals surface area contributed by atoms with Crippen LogP contribution in [0.15, 0.2) is 0 Å². The first-order valence-electron chi connectivity index (χ1n) is 9.77. The predicted octanol–water partition coefficient (Wildman–Crippen LogP) is 3.45. The number of nitrogens with zero attached hydrogens (tertiary/aromatic N) is 1. The van der Waals surface area contributed by atoms with E-state index in [2.05, 4.69) is 17.1 Å². The number of carbonyl (C=O) groups is 2. The number of carbonyl (C=O) groups excluding carboxylic acids is 2. The van der Waals surface area contributed by atoms with Crippen molar-refractivity contribution in [2.75, 3.05) is 31.6 Å². The molecule has 0 atom stereocenters. The minimum atomic E-state index is -0.366. The molecular formula is C20H30N2O4S. The SMILES string of the molecule is CCOC(=O)c1c(NC(=O)CN2CCC(C)CC2)sc2c1CC(C)(C)OC2. The minimum Gasteiger partial charge on any atom is -0.462 e. The Labute approximate surface area is 165 Å². The molecule has 2 aliphatic rings. The molecule has 1 fully saturated rings. The number of amides is 1. The van der Waals surface area contributed by atoms with Crippen molar-refractivity contribution >= 4 is 28.2 Å². The predicted molar refractivity (Wildman–Crippen MR) is 106 cm³/mol. The molecule has 150 valence electrons. The highest BCUT2D eigenvalue weighted by Crippen LogP contribution is 2.40. The summed E-state index contributed by atoms with van der Waals surface area (Å²) in [5, 5.41) is 3.57. The lowest BCUT2D eigenvalue weighted by atomic mass is 9.93. The fraction of sp³-hybridized carbons (Fsp3) is 0.700. The van der Waals surface area contributed by atoms with Crippen molar-refractivity contribution in [2.24, 2.45) is 5.92 Å². The third-order valence-corrected chi connectivity index (χ3v) is 6.38. The van der Waals surface area contributed by atoms with E-state index in [0.717, 1.165) is 42.3 Å². The largest absolute Gasteiger partial charge is 0.462 e. The van der Waals surface area contributed by atoms with Crippen molar-refractivity contribution in [3.63, 3.8) is 0 Å². The third-order valence-electron chi connectivity index (χ3n) is 5.26. The summed E-state index contributed by atoms with van der Waals surface area (Å²) >= 11 is 1.43.